The van der Waals surface area contributed by atoms with Crippen molar-refractivity contribution >= 4 is 11.9 Å². The second kappa shape index (κ2) is 6.51. The van der Waals surface area contributed by atoms with Gasteiger partial charge in [0.25, 0.3) is 0 Å². The van der Waals surface area contributed by atoms with Gasteiger partial charge in [0.15, 0.2) is 0 Å². The molecule has 1 unspecified atom stereocenters. The van der Waals surface area contributed by atoms with Gasteiger partial charge in [-0.3, -0.25) is 9.59 Å². The van der Waals surface area contributed by atoms with Gasteiger partial charge >= 0.3 is 11.9 Å². The molecular weight excluding hydrogens is 208 g/mol. The quantitative estimate of drug-likeness (QED) is 0.681. The van der Waals surface area contributed by atoms with Crippen LogP contribution >= 0.6 is 0 Å². The second-order valence-electron chi connectivity index (χ2n) is 4.84. The van der Waals surface area contributed by atoms with E-state index in [9.17, 15) is 9.59 Å². The van der Waals surface area contributed by atoms with Crippen LogP contribution in [0.3, 0.4) is 0 Å². The summed E-state index contributed by atoms with van der Waals surface area (Å²) in [7, 11) is 0. The fraction of sp³-hybridized carbons (Fsp3) is 0.833. The lowest BCUT2D eigenvalue weighted by atomic mass is 10.2. The Morgan fingerprint density at radius 2 is 1.75 bits per heavy atom. The Balaban J connectivity index is 3.91. The molecule has 0 radical (unpaired) electrons. The first-order chi connectivity index (χ1) is 7.24. The van der Waals surface area contributed by atoms with E-state index in [1.807, 2.05) is 6.92 Å². The molecule has 0 bridgehead atoms. The van der Waals surface area contributed by atoms with Crippen LogP contribution in [0.25, 0.3) is 0 Å². The minimum atomic E-state index is -0.496. The Labute approximate surface area is 97.3 Å². The van der Waals surface area contributed by atoms with Crippen molar-refractivity contribution < 1.29 is 19.1 Å². The fourth-order valence-corrected chi connectivity index (χ4v) is 1.15. The van der Waals surface area contributed by atoms with Gasteiger partial charge in [-0.1, -0.05) is 6.92 Å². The average molecular weight is 230 g/mol. The number of hydrogen-bond donors (Lipinski definition) is 0. The molecule has 0 fully saturated rings. The van der Waals surface area contributed by atoms with E-state index in [1.165, 1.54) is 0 Å². The lowest BCUT2D eigenvalue weighted by molar-refractivity contribution is -0.160. The molecule has 0 rings (SSSR count). The summed E-state index contributed by atoms with van der Waals surface area (Å²) in [5, 5.41) is 0. The van der Waals surface area contributed by atoms with Crippen molar-refractivity contribution in [1.29, 1.82) is 0 Å². The number of ether oxygens (including phenoxy) is 2. The molecular formula is C12H22O4. The Morgan fingerprint density at radius 3 is 2.19 bits per heavy atom. The monoisotopic (exact) mass is 230 g/mol. The number of hydrogen-bond acceptors (Lipinski definition) is 4. The standard InChI is InChI=1S/C12H22O4/c1-6-7-10(13)15-9(2)8-11(14)16-12(3,4)5/h9H,6-8H2,1-5H3. The van der Waals surface area contributed by atoms with Gasteiger partial charge in [0.1, 0.15) is 11.7 Å². The lowest BCUT2D eigenvalue weighted by Crippen LogP contribution is -2.27. The number of carbonyl (C=O) groups is 2. The third kappa shape index (κ3) is 8.26. The molecule has 1 atom stereocenters. The lowest BCUT2D eigenvalue weighted by Gasteiger charge is -2.21. The van der Waals surface area contributed by atoms with Gasteiger partial charge in [0, 0.05) is 6.42 Å². The normalized spacial score (nSPS) is 13.1. The number of rotatable bonds is 5. The molecule has 0 spiro atoms. The van der Waals surface area contributed by atoms with Gasteiger partial charge in [-0.25, -0.2) is 0 Å². The third-order valence-electron chi connectivity index (χ3n) is 1.66. The summed E-state index contributed by atoms with van der Waals surface area (Å²) in [4.78, 5) is 22.5. The Kier molecular flexibility index (Phi) is 6.08. The summed E-state index contributed by atoms with van der Waals surface area (Å²) in [5.74, 6) is -0.608. The highest BCUT2D eigenvalue weighted by Gasteiger charge is 2.19. The Hall–Kier alpha value is -1.06. The summed E-state index contributed by atoms with van der Waals surface area (Å²) >= 11 is 0. The molecule has 0 amide bonds. The first-order valence-corrected chi connectivity index (χ1v) is 5.66. The van der Waals surface area contributed by atoms with Crippen LogP contribution in [0.1, 0.15) is 53.9 Å². The molecule has 0 heterocycles. The van der Waals surface area contributed by atoms with Crippen molar-refractivity contribution in [3.8, 4) is 0 Å². The predicted octanol–water partition coefficient (Wildman–Crippen LogP) is 2.45. The first-order valence-electron chi connectivity index (χ1n) is 5.66. The van der Waals surface area contributed by atoms with Gasteiger partial charge in [-0.05, 0) is 34.1 Å². The minimum absolute atomic E-state index is 0.104. The highest BCUT2D eigenvalue weighted by atomic mass is 16.6. The van der Waals surface area contributed by atoms with Crippen molar-refractivity contribution in [2.75, 3.05) is 0 Å². The second-order valence-corrected chi connectivity index (χ2v) is 4.84. The van der Waals surface area contributed by atoms with Crippen molar-refractivity contribution in [3.63, 3.8) is 0 Å². The van der Waals surface area contributed by atoms with Gasteiger partial charge in [-0.15, -0.1) is 0 Å². The van der Waals surface area contributed by atoms with Crippen LogP contribution in [0.5, 0.6) is 0 Å². The molecule has 0 aromatic rings. The molecule has 0 aromatic carbocycles. The van der Waals surface area contributed by atoms with E-state index in [0.29, 0.717) is 6.42 Å². The van der Waals surface area contributed by atoms with Gasteiger partial charge in [-0.2, -0.15) is 0 Å². The molecule has 0 aliphatic carbocycles. The van der Waals surface area contributed by atoms with E-state index < -0.39 is 11.7 Å². The van der Waals surface area contributed by atoms with Gasteiger partial charge in [0.2, 0.25) is 0 Å². The molecule has 4 nitrogen and oxygen atoms in total. The topological polar surface area (TPSA) is 52.6 Å². The number of esters is 2. The maximum atomic E-state index is 11.4. The molecule has 4 heteroatoms. The van der Waals surface area contributed by atoms with Crippen molar-refractivity contribution in [2.45, 2.75) is 65.6 Å². The highest BCUT2D eigenvalue weighted by Crippen LogP contribution is 2.10. The van der Waals surface area contributed by atoms with Crippen LogP contribution in [0.2, 0.25) is 0 Å². The van der Waals surface area contributed by atoms with Gasteiger partial charge in [0.05, 0.1) is 6.42 Å². The summed E-state index contributed by atoms with van der Waals surface area (Å²) in [6, 6.07) is 0. The Morgan fingerprint density at radius 1 is 1.19 bits per heavy atom. The molecule has 0 aromatic heterocycles. The molecule has 0 saturated carbocycles. The average Bonchev–Trinajstić information content (AvgIpc) is 1.98. The molecule has 0 aliphatic rings. The maximum absolute atomic E-state index is 11.4. The van der Waals surface area contributed by atoms with E-state index >= 15 is 0 Å². The molecule has 0 saturated heterocycles. The third-order valence-corrected chi connectivity index (χ3v) is 1.66. The van der Waals surface area contributed by atoms with Crippen molar-refractivity contribution in [3.05, 3.63) is 0 Å². The van der Waals surface area contributed by atoms with Crippen LogP contribution in [-0.4, -0.2) is 23.6 Å². The van der Waals surface area contributed by atoms with Gasteiger partial charge < -0.3 is 9.47 Å². The minimum Gasteiger partial charge on any atom is -0.462 e. The summed E-state index contributed by atoms with van der Waals surface area (Å²) < 4.78 is 10.2. The number of carbonyl (C=O) groups excluding carboxylic acids is 2. The highest BCUT2D eigenvalue weighted by molar-refractivity contribution is 5.72. The SMILES string of the molecule is CCCC(=O)OC(C)CC(=O)OC(C)(C)C. The molecule has 94 valence electrons. The zero-order valence-corrected chi connectivity index (χ0v) is 10.8. The maximum Gasteiger partial charge on any atom is 0.310 e. The zero-order chi connectivity index (χ0) is 12.8. The van der Waals surface area contributed by atoms with Crippen LogP contribution in [0.15, 0.2) is 0 Å². The van der Waals surface area contributed by atoms with E-state index in [2.05, 4.69) is 0 Å². The molecule has 0 aliphatic heterocycles. The van der Waals surface area contributed by atoms with Crippen LogP contribution in [0.4, 0.5) is 0 Å². The van der Waals surface area contributed by atoms with Crippen LogP contribution < -0.4 is 0 Å². The van der Waals surface area contributed by atoms with Crippen molar-refractivity contribution in [1.82, 2.24) is 0 Å². The Bertz CT molecular complexity index is 240. The largest absolute Gasteiger partial charge is 0.462 e. The van der Waals surface area contributed by atoms with E-state index in [4.69, 9.17) is 9.47 Å². The zero-order valence-electron chi connectivity index (χ0n) is 10.8. The van der Waals surface area contributed by atoms with E-state index in [1.54, 1.807) is 27.7 Å². The van der Waals surface area contributed by atoms with Crippen LogP contribution in [0, 0.1) is 0 Å². The van der Waals surface area contributed by atoms with E-state index in [-0.39, 0.29) is 18.4 Å². The first kappa shape index (κ1) is 14.9. The van der Waals surface area contributed by atoms with E-state index in [0.717, 1.165) is 6.42 Å². The summed E-state index contributed by atoms with van der Waals surface area (Å²) in [6.45, 7) is 9.01. The summed E-state index contributed by atoms with van der Waals surface area (Å²) in [6.07, 6.45) is 0.817. The smallest absolute Gasteiger partial charge is 0.310 e. The van der Waals surface area contributed by atoms with Crippen molar-refractivity contribution in [2.24, 2.45) is 0 Å². The fourth-order valence-electron chi connectivity index (χ4n) is 1.15. The molecule has 16 heavy (non-hydrogen) atoms. The predicted molar refractivity (Wildman–Crippen MR) is 60.9 cm³/mol. The summed E-state index contributed by atoms with van der Waals surface area (Å²) in [5.41, 5.74) is -0.496. The molecule has 0 N–H and O–H groups in total. The van der Waals surface area contributed by atoms with Crippen LogP contribution in [-0.2, 0) is 19.1 Å².